The van der Waals surface area contributed by atoms with Crippen molar-refractivity contribution in [2.45, 2.75) is 18.8 Å². The number of hydrogen-bond donors (Lipinski definition) is 1. The van der Waals surface area contributed by atoms with Crippen LogP contribution in [0.1, 0.15) is 24.5 Å². The van der Waals surface area contributed by atoms with Gasteiger partial charge in [-0.3, -0.25) is 0 Å². The normalized spacial score (nSPS) is 15.1. The van der Waals surface area contributed by atoms with Gasteiger partial charge in [-0.25, -0.2) is 4.68 Å². The fraction of sp³-hybridized carbons (Fsp3) is 0.273. The molecular weight excluding hydrogens is 339 g/mol. The van der Waals surface area contributed by atoms with Gasteiger partial charge in [0.1, 0.15) is 0 Å². The summed E-state index contributed by atoms with van der Waals surface area (Å²) < 4.78 is 2.44. The van der Waals surface area contributed by atoms with Gasteiger partial charge in [0.2, 0.25) is 0 Å². The summed E-state index contributed by atoms with van der Waals surface area (Å²) in [6.07, 6.45) is 2.22. The van der Waals surface area contributed by atoms with E-state index in [1.54, 1.807) is 4.68 Å². The maximum Gasteiger partial charge on any atom is 0.169 e. The Balaban J connectivity index is 2.18. The molecule has 0 unspecified atom stereocenters. The van der Waals surface area contributed by atoms with Gasteiger partial charge in [0.15, 0.2) is 5.82 Å². The number of nitrogen functional groups attached to an aromatic ring is 1. The molecule has 18 heavy (non-hydrogen) atoms. The molecule has 1 saturated carbocycles. The van der Waals surface area contributed by atoms with Crippen LogP contribution in [0, 0.1) is 0 Å². The summed E-state index contributed by atoms with van der Waals surface area (Å²) in [5, 5.41) is 8.89. The van der Waals surface area contributed by atoms with E-state index < -0.39 is 0 Å². The summed E-state index contributed by atoms with van der Waals surface area (Å²) in [5.41, 5.74) is 7.49. The van der Waals surface area contributed by atoms with E-state index in [1.165, 1.54) is 0 Å². The maximum atomic E-state index is 6.25. The van der Waals surface area contributed by atoms with Gasteiger partial charge in [0.05, 0.1) is 21.4 Å². The Morgan fingerprint density at radius 3 is 2.67 bits per heavy atom. The lowest BCUT2D eigenvalue weighted by molar-refractivity contribution is 0.764. The summed E-state index contributed by atoms with van der Waals surface area (Å²) in [7, 11) is 0. The van der Waals surface area contributed by atoms with E-state index in [0.717, 1.165) is 23.0 Å². The zero-order valence-corrected chi connectivity index (χ0v) is 12.3. The molecule has 2 aromatic rings. The van der Waals surface area contributed by atoms with Crippen LogP contribution in [0.4, 0.5) is 5.82 Å². The van der Waals surface area contributed by atoms with Crippen LogP contribution in [0.25, 0.3) is 5.69 Å². The van der Waals surface area contributed by atoms with Crippen molar-refractivity contribution < 1.29 is 0 Å². The van der Waals surface area contributed by atoms with Crippen LogP contribution < -0.4 is 5.73 Å². The molecule has 0 spiro atoms. The molecule has 0 radical (unpaired) electrons. The minimum atomic E-state index is 0.429. The number of anilines is 1. The number of aromatic nitrogens is 3. The molecule has 4 nitrogen and oxygen atoms in total. The van der Waals surface area contributed by atoms with E-state index in [1.807, 2.05) is 12.1 Å². The van der Waals surface area contributed by atoms with Crippen LogP contribution in [-0.4, -0.2) is 15.0 Å². The second kappa shape index (κ2) is 4.40. The zero-order chi connectivity index (χ0) is 12.9. The van der Waals surface area contributed by atoms with Crippen molar-refractivity contribution in [3.8, 4) is 5.69 Å². The highest BCUT2D eigenvalue weighted by Gasteiger charge is 2.31. The highest BCUT2D eigenvalue weighted by Crippen LogP contribution is 2.44. The van der Waals surface area contributed by atoms with Crippen molar-refractivity contribution in [3.05, 3.63) is 32.3 Å². The molecule has 1 aromatic carbocycles. The van der Waals surface area contributed by atoms with Gasteiger partial charge in [0, 0.05) is 10.4 Å². The molecule has 1 fully saturated rings. The standard InChI is InChI=1S/C11H9BrCl2N4/c12-6-3-4-7(9(14)8(6)13)18-10(5-1-2-5)11(15)16-17-18/h3-5H,1-2,15H2. The monoisotopic (exact) mass is 346 g/mol. The van der Waals surface area contributed by atoms with Gasteiger partial charge in [-0.15, -0.1) is 5.10 Å². The summed E-state index contributed by atoms with van der Waals surface area (Å²) in [6.45, 7) is 0. The van der Waals surface area contributed by atoms with E-state index in [9.17, 15) is 0 Å². The Labute approximate surface area is 122 Å². The van der Waals surface area contributed by atoms with E-state index in [-0.39, 0.29) is 0 Å². The summed E-state index contributed by atoms with van der Waals surface area (Å²) in [4.78, 5) is 0. The minimum absolute atomic E-state index is 0.429. The molecular formula is C11H9BrCl2N4. The Morgan fingerprint density at radius 2 is 2.00 bits per heavy atom. The summed E-state index contributed by atoms with van der Waals surface area (Å²) >= 11 is 15.7. The molecule has 0 amide bonds. The van der Waals surface area contributed by atoms with Crippen molar-refractivity contribution in [2.75, 3.05) is 5.73 Å². The third-order valence-electron chi connectivity index (χ3n) is 2.94. The summed E-state index contributed by atoms with van der Waals surface area (Å²) in [5.74, 6) is 0.895. The van der Waals surface area contributed by atoms with Crippen molar-refractivity contribution in [3.63, 3.8) is 0 Å². The molecule has 1 aliphatic rings. The molecule has 0 atom stereocenters. The van der Waals surface area contributed by atoms with Gasteiger partial charge in [-0.05, 0) is 40.9 Å². The second-order valence-electron chi connectivity index (χ2n) is 4.24. The zero-order valence-electron chi connectivity index (χ0n) is 9.20. The summed E-state index contributed by atoms with van der Waals surface area (Å²) in [6, 6.07) is 3.68. The molecule has 1 heterocycles. The maximum absolute atomic E-state index is 6.25. The number of benzene rings is 1. The van der Waals surface area contributed by atoms with E-state index in [2.05, 4.69) is 26.2 Å². The van der Waals surface area contributed by atoms with E-state index in [4.69, 9.17) is 28.9 Å². The Hall–Kier alpha value is -0.780. The second-order valence-corrected chi connectivity index (χ2v) is 5.85. The van der Waals surface area contributed by atoms with Crippen molar-refractivity contribution in [2.24, 2.45) is 0 Å². The molecule has 2 N–H and O–H groups in total. The van der Waals surface area contributed by atoms with Crippen LogP contribution in [0.2, 0.25) is 10.0 Å². The predicted molar refractivity (Wildman–Crippen MR) is 75.5 cm³/mol. The molecule has 1 aromatic heterocycles. The average molecular weight is 348 g/mol. The number of nitrogens with two attached hydrogens (primary N) is 1. The molecule has 0 aliphatic heterocycles. The van der Waals surface area contributed by atoms with Crippen LogP contribution in [0.3, 0.4) is 0 Å². The number of halogens is 3. The Morgan fingerprint density at radius 1 is 1.28 bits per heavy atom. The largest absolute Gasteiger partial charge is 0.381 e. The van der Waals surface area contributed by atoms with Gasteiger partial charge in [0.25, 0.3) is 0 Å². The molecule has 7 heteroatoms. The first-order valence-corrected chi connectivity index (χ1v) is 6.99. The lowest BCUT2D eigenvalue weighted by atomic mass is 10.2. The fourth-order valence-electron chi connectivity index (χ4n) is 1.90. The smallest absolute Gasteiger partial charge is 0.169 e. The van der Waals surface area contributed by atoms with Crippen molar-refractivity contribution >= 4 is 44.9 Å². The molecule has 94 valence electrons. The lowest BCUT2D eigenvalue weighted by Gasteiger charge is -2.09. The SMILES string of the molecule is Nc1nnn(-c2ccc(Br)c(Cl)c2Cl)c1C1CC1. The van der Waals surface area contributed by atoms with Crippen molar-refractivity contribution in [1.82, 2.24) is 15.0 Å². The first-order valence-electron chi connectivity index (χ1n) is 5.44. The van der Waals surface area contributed by atoms with E-state index in [0.29, 0.717) is 27.5 Å². The lowest BCUT2D eigenvalue weighted by Crippen LogP contribution is -2.03. The average Bonchev–Trinajstić information content (AvgIpc) is 3.11. The molecule has 0 bridgehead atoms. The number of rotatable bonds is 2. The third-order valence-corrected chi connectivity index (χ3v) is 4.70. The number of hydrogen-bond acceptors (Lipinski definition) is 3. The van der Waals surface area contributed by atoms with Crippen LogP contribution in [-0.2, 0) is 0 Å². The highest BCUT2D eigenvalue weighted by molar-refractivity contribution is 9.10. The fourth-order valence-corrected chi connectivity index (χ4v) is 2.75. The van der Waals surface area contributed by atoms with Crippen LogP contribution >= 0.6 is 39.1 Å². The van der Waals surface area contributed by atoms with Crippen molar-refractivity contribution in [1.29, 1.82) is 0 Å². The van der Waals surface area contributed by atoms with Gasteiger partial charge in [-0.1, -0.05) is 28.4 Å². The number of nitrogens with zero attached hydrogens (tertiary/aromatic N) is 3. The first kappa shape index (κ1) is 12.3. The van der Waals surface area contributed by atoms with Gasteiger partial charge >= 0.3 is 0 Å². The van der Waals surface area contributed by atoms with Gasteiger partial charge in [-0.2, -0.15) is 0 Å². The quantitative estimate of drug-likeness (QED) is 0.840. The molecule has 3 rings (SSSR count). The Bertz CT molecular complexity index is 622. The third kappa shape index (κ3) is 1.90. The first-order chi connectivity index (χ1) is 8.59. The Kier molecular flexibility index (Phi) is 3.00. The molecule has 0 saturated heterocycles. The molecule has 1 aliphatic carbocycles. The van der Waals surface area contributed by atoms with Gasteiger partial charge < -0.3 is 5.73 Å². The predicted octanol–water partition coefficient (Wildman–Crippen LogP) is 3.80. The van der Waals surface area contributed by atoms with Crippen LogP contribution in [0.15, 0.2) is 16.6 Å². The minimum Gasteiger partial charge on any atom is -0.381 e. The topological polar surface area (TPSA) is 56.7 Å². The van der Waals surface area contributed by atoms with E-state index >= 15 is 0 Å². The van der Waals surface area contributed by atoms with Crippen LogP contribution in [0.5, 0.6) is 0 Å². The highest BCUT2D eigenvalue weighted by atomic mass is 79.9.